The van der Waals surface area contributed by atoms with Crippen molar-refractivity contribution < 1.29 is 8.42 Å². The summed E-state index contributed by atoms with van der Waals surface area (Å²) in [5.74, 6) is 0.0271. The van der Waals surface area contributed by atoms with Gasteiger partial charge in [-0.05, 0) is 36.2 Å². The molecule has 1 heterocycles. The van der Waals surface area contributed by atoms with E-state index < -0.39 is 10.0 Å². The molecule has 0 bridgehead atoms. The maximum absolute atomic E-state index is 12.9. The van der Waals surface area contributed by atoms with Gasteiger partial charge in [-0.15, -0.1) is 0 Å². The van der Waals surface area contributed by atoms with E-state index >= 15 is 0 Å². The molecule has 1 saturated heterocycles. The average molecular weight is 395 g/mol. The highest BCUT2D eigenvalue weighted by Gasteiger charge is 2.38. The van der Waals surface area contributed by atoms with Crippen LogP contribution in [0.1, 0.15) is 17.0 Å². The molecular weight excluding hydrogens is 376 g/mol. The van der Waals surface area contributed by atoms with E-state index in [4.69, 9.17) is 5.73 Å². The van der Waals surface area contributed by atoms with Crippen molar-refractivity contribution in [3.05, 3.63) is 64.1 Å². The van der Waals surface area contributed by atoms with Crippen molar-refractivity contribution in [1.82, 2.24) is 4.31 Å². The molecule has 6 heteroatoms. The molecule has 2 atom stereocenters. The summed E-state index contributed by atoms with van der Waals surface area (Å²) in [4.78, 5) is 0.310. The maximum Gasteiger partial charge on any atom is 0.243 e. The van der Waals surface area contributed by atoms with Gasteiger partial charge in [-0.3, -0.25) is 0 Å². The van der Waals surface area contributed by atoms with E-state index in [2.05, 4.69) is 15.9 Å². The Balaban J connectivity index is 1.90. The first kappa shape index (κ1) is 16.6. The van der Waals surface area contributed by atoms with Crippen molar-refractivity contribution in [1.29, 1.82) is 0 Å². The largest absolute Gasteiger partial charge is 0.326 e. The molecule has 0 saturated carbocycles. The fraction of sp³-hybridized carbons (Fsp3) is 0.294. The molecule has 0 unspecified atom stereocenters. The molecular formula is C17H19BrN2O2S. The number of nitrogens with zero attached hydrogens (tertiary/aromatic N) is 1. The van der Waals surface area contributed by atoms with Crippen molar-refractivity contribution in [3.63, 3.8) is 0 Å². The van der Waals surface area contributed by atoms with Crippen molar-refractivity contribution in [3.8, 4) is 0 Å². The molecule has 23 heavy (non-hydrogen) atoms. The number of rotatable bonds is 3. The number of hydrogen-bond acceptors (Lipinski definition) is 3. The molecule has 1 aliphatic heterocycles. The molecule has 0 amide bonds. The third-order valence-corrected chi connectivity index (χ3v) is 6.48. The smallest absolute Gasteiger partial charge is 0.243 e. The quantitative estimate of drug-likeness (QED) is 0.870. The summed E-state index contributed by atoms with van der Waals surface area (Å²) in [5.41, 5.74) is 8.21. The molecule has 2 N–H and O–H groups in total. The Kier molecular flexibility index (Phi) is 4.60. The van der Waals surface area contributed by atoms with Gasteiger partial charge in [0.25, 0.3) is 0 Å². The molecule has 0 aliphatic carbocycles. The van der Waals surface area contributed by atoms with Crippen LogP contribution in [0.4, 0.5) is 0 Å². The summed E-state index contributed by atoms with van der Waals surface area (Å²) in [6.07, 6.45) is 0. The van der Waals surface area contributed by atoms with E-state index in [1.807, 2.05) is 43.3 Å². The normalized spacial score (nSPS) is 22.4. The highest BCUT2D eigenvalue weighted by atomic mass is 79.9. The maximum atomic E-state index is 12.9. The van der Waals surface area contributed by atoms with Gasteiger partial charge < -0.3 is 5.73 Å². The Bertz CT molecular complexity index is 788. The number of sulfonamides is 1. The van der Waals surface area contributed by atoms with Crippen LogP contribution < -0.4 is 5.73 Å². The lowest BCUT2D eigenvalue weighted by Crippen LogP contribution is -2.32. The lowest BCUT2D eigenvalue weighted by molar-refractivity contribution is 0.470. The molecule has 0 spiro atoms. The van der Waals surface area contributed by atoms with Gasteiger partial charge in [0.05, 0.1) is 4.90 Å². The third-order valence-electron chi connectivity index (χ3n) is 4.21. The van der Waals surface area contributed by atoms with E-state index in [0.717, 1.165) is 15.6 Å². The monoisotopic (exact) mass is 394 g/mol. The summed E-state index contributed by atoms with van der Waals surface area (Å²) in [6, 6.07) is 14.9. The molecule has 0 aromatic heterocycles. The van der Waals surface area contributed by atoms with Gasteiger partial charge in [0.1, 0.15) is 0 Å². The molecule has 0 radical (unpaired) electrons. The SMILES string of the molecule is Cc1cc(Br)cc(S(=O)(=O)N2C[C@@H](N)[C@H](c3ccccc3)C2)c1. The number of halogens is 1. The van der Waals surface area contributed by atoms with Gasteiger partial charge in [0.2, 0.25) is 10.0 Å². The second kappa shape index (κ2) is 6.36. The van der Waals surface area contributed by atoms with E-state index in [0.29, 0.717) is 18.0 Å². The van der Waals surface area contributed by atoms with Gasteiger partial charge in [0, 0.05) is 29.5 Å². The fourth-order valence-electron chi connectivity index (χ4n) is 3.04. The molecule has 1 aliphatic rings. The second-order valence-electron chi connectivity index (χ2n) is 5.97. The first-order chi connectivity index (χ1) is 10.9. The Morgan fingerprint density at radius 3 is 2.48 bits per heavy atom. The molecule has 122 valence electrons. The van der Waals surface area contributed by atoms with Gasteiger partial charge >= 0.3 is 0 Å². The van der Waals surface area contributed by atoms with Crippen LogP contribution in [0.2, 0.25) is 0 Å². The predicted octanol–water partition coefficient (Wildman–Crippen LogP) is 2.87. The third kappa shape index (κ3) is 3.35. The summed E-state index contributed by atoms with van der Waals surface area (Å²) in [6.45, 7) is 2.64. The highest BCUT2D eigenvalue weighted by molar-refractivity contribution is 9.10. The van der Waals surface area contributed by atoms with Crippen LogP contribution in [0, 0.1) is 6.92 Å². The van der Waals surface area contributed by atoms with Crippen molar-refractivity contribution in [2.24, 2.45) is 5.73 Å². The molecule has 2 aromatic carbocycles. The summed E-state index contributed by atoms with van der Waals surface area (Å²) < 4.78 is 28.1. The molecule has 3 rings (SSSR count). The summed E-state index contributed by atoms with van der Waals surface area (Å²) in [7, 11) is -3.53. The van der Waals surface area contributed by atoms with E-state index in [1.165, 1.54) is 4.31 Å². The number of aryl methyl sites for hydroxylation is 1. The van der Waals surface area contributed by atoms with Crippen LogP contribution >= 0.6 is 15.9 Å². The Morgan fingerprint density at radius 1 is 1.13 bits per heavy atom. The number of nitrogens with two attached hydrogens (primary N) is 1. The predicted molar refractivity (Wildman–Crippen MR) is 94.8 cm³/mol. The lowest BCUT2D eigenvalue weighted by Gasteiger charge is -2.17. The summed E-state index contributed by atoms with van der Waals surface area (Å²) >= 11 is 3.37. The van der Waals surface area contributed by atoms with Crippen LogP contribution in [-0.4, -0.2) is 31.9 Å². The van der Waals surface area contributed by atoms with Crippen LogP contribution in [-0.2, 0) is 10.0 Å². The Morgan fingerprint density at radius 2 is 1.83 bits per heavy atom. The van der Waals surface area contributed by atoms with Crippen molar-refractivity contribution >= 4 is 26.0 Å². The molecule has 2 aromatic rings. The second-order valence-corrected chi connectivity index (χ2v) is 8.82. The van der Waals surface area contributed by atoms with Gasteiger partial charge in [0.15, 0.2) is 0 Å². The summed E-state index contributed by atoms with van der Waals surface area (Å²) in [5, 5.41) is 0. The van der Waals surface area contributed by atoms with Crippen molar-refractivity contribution in [2.45, 2.75) is 23.8 Å². The zero-order valence-corrected chi connectivity index (χ0v) is 15.2. The van der Waals surface area contributed by atoms with Crippen LogP contribution in [0.3, 0.4) is 0 Å². The molecule has 1 fully saturated rings. The van der Waals surface area contributed by atoms with E-state index in [9.17, 15) is 8.42 Å². The Labute approximate surface area is 145 Å². The van der Waals surface area contributed by atoms with Crippen LogP contribution in [0.25, 0.3) is 0 Å². The van der Waals surface area contributed by atoms with Gasteiger partial charge in [-0.1, -0.05) is 46.3 Å². The van der Waals surface area contributed by atoms with Crippen molar-refractivity contribution in [2.75, 3.05) is 13.1 Å². The zero-order chi connectivity index (χ0) is 16.6. The van der Waals surface area contributed by atoms with Gasteiger partial charge in [-0.2, -0.15) is 4.31 Å². The van der Waals surface area contributed by atoms with E-state index in [1.54, 1.807) is 12.1 Å². The standard InChI is InChI=1S/C17H19BrN2O2S/c1-12-7-14(18)9-15(8-12)23(21,22)20-10-16(17(19)11-20)13-5-3-2-4-6-13/h2-9,16-17H,10-11,19H2,1H3/t16-,17+/m0/s1. The minimum Gasteiger partial charge on any atom is -0.326 e. The lowest BCUT2D eigenvalue weighted by atomic mass is 9.95. The zero-order valence-electron chi connectivity index (χ0n) is 12.8. The average Bonchev–Trinajstić information content (AvgIpc) is 2.90. The highest BCUT2D eigenvalue weighted by Crippen LogP contribution is 2.31. The first-order valence-electron chi connectivity index (χ1n) is 7.46. The Hall–Kier alpha value is -1.21. The number of benzene rings is 2. The fourth-order valence-corrected chi connectivity index (χ4v) is 5.43. The van der Waals surface area contributed by atoms with Crippen LogP contribution in [0.15, 0.2) is 57.9 Å². The topological polar surface area (TPSA) is 63.4 Å². The van der Waals surface area contributed by atoms with E-state index in [-0.39, 0.29) is 12.0 Å². The minimum absolute atomic E-state index is 0.0271. The number of hydrogen-bond donors (Lipinski definition) is 1. The van der Waals surface area contributed by atoms with Gasteiger partial charge in [-0.25, -0.2) is 8.42 Å². The minimum atomic E-state index is -3.53. The van der Waals surface area contributed by atoms with Crippen LogP contribution in [0.5, 0.6) is 0 Å². The first-order valence-corrected chi connectivity index (χ1v) is 9.69. The molecule has 4 nitrogen and oxygen atoms in total.